The molecule has 0 bridgehead atoms. The third kappa shape index (κ3) is 5.12. The van der Waals surface area contributed by atoms with Gasteiger partial charge in [0, 0.05) is 12.8 Å². The summed E-state index contributed by atoms with van der Waals surface area (Å²) in [6, 6.07) is 12.4. The second-order valence-electron chi connectivity index (χ2n) is 5.70. The molecule has 2 rings (SSSR count). The van der Waals surface area contributed by atoms with E-state index in [4.69, 9.17) is 4.74 Å². The Balaban J connectivity index is 1.98. The summed E-state index contributed by atoms with van der Waals surface area (Å²) in [5, 5.41) is 5.15. The minimum absolute atomic E-state index is 0.121. The number of hydrogen-bond acceptors (Lipinski definition) is 3. The summed E-state index contributed by atoms with van der Waals surface area (Å²) in [4.78, 5) is 24.1. The maximum absolute atomic E-state index is 12.9. The number of amides is 2. The van der Waals surface area contributed by atoms with Crippen molar-refractivity contribution in [1.29, 1.82) is 0 Å². The van der Waals surface area contributed by atoms with Crippen LogP contribution in [-0.2, 0) is 14.3 Å². The molecule has 0 aliphatic rings. The highest BCUT2D eigenvalue weighted by Crippen LogP contribution is 2.19. The molecule has 0 saturated heterocycles. The van der Waals surface area contributed by atoms with Crippen LogP contribution in [0.1, 0.15) is 37.1 Å². The fourth-order valence-electron chi connectivity index (χ4n) is 2.29. The number of anilines is 1. The van der Waals surface area contributed by atoms with Gasteiger partial charge in [0.1, 0.15) is 5.82 Å². The summed E-state index contributed by atoms with van der Waals surface area (Å²) < 4.78 is 18.2. The molecule has 2 N–H and O–H groups in total. The average molecular weight is 344 g/mol. The molecular formula is C19H21FN2O3. The number of halogens is 1. The molecule has 25 heavy (non-hydrogen) atoms. The smallest absolute Gasteiger partial charge is 0.313 e. The molecule has 132 valence electrons. The molecule has 0 unspecified atom stereocenters. The largest absolute Gasteiger partial charge is 0.377 e. The Morgan fingerprint density at radius 2 is 1.68 bits per heavy atom. The monoisotopic (exact) mass is 344 g/mol. The Bertz CT molecular complexity index is 747. The first-order valence-corrected chi connectivity index (χ1v) is 7.90. The molecule has 0 aromatic heterocycles. The number of methoxy groups -OCH3 is 1. The summed E-state index contributed by atoms with van der Waals surface area (Å²) in [6.07, 6.45) is -0.121. The number of benzene rings is 2. The number of carbonyl (C=O) groups is 2. The van der Waals surface area contributed by atoms with Gasteiger partial charge in [-0.2, -0.15) is 0 Å². The topological polar surface area (TPSA) is 67.4 Å². The lowest BCUT2D eigenvalue weighted by atomic mass is 10.1. The van der Waals surface area contributed by atoms with Crippen molar-refractivity contribution in [3.8, 4) is 0 Å². The minimum atomic E-state index is -0.767. The molecule has 0 aliphatic heterocycles. The first-order valence-electron chi connectivity index (χ1n) is 7.90. The zero-order valence-electron chi connectivity index (χ0n) is 14.4. The molecule has 0 radical (unpaired) electrons. The number of rotatable bonds is 5. The zero-order valence-corrected chi connectivity index (χ0v) is 14.4. The van der Waals surface area contributed by atoms with Crippen LogP contribution in [0.2, 0.25) is 0 Å². The van der Waals surface area contributed by atoms with Crippen LogP contribution in [0.15, 0.2) is 48.5 Å². The summed E-state index contributed by atoms with van der Waals surface area (Å²) >= 11 is 0. The number of nitrogens with one attached hydrogen (secondary N) is 2. The molecule has 0 saturated carbocycles. The molecule has 6 heteroatoms. The van der Waals surface area contributed by atoms with Gasteiger partial charge in [-0.3, -0.25) is 9.59 Å². The van der Waals surface area contributed by atoms with Crippen LogP contribution in [0.3, 0.4) is 0 Å². The lowest BCUT2D eigenvalue weighted by Crippen LogP contribution is -2.36. The number of ether oxygens (including phenoxy) is 1. The average Bonchev–Trinajstić information content (AvgIpc) is 2.61. The summed E-state index contributed by atoms with van der Waals surface area (Å²) in [6.45, 7) is 3.61. The van der Waals surface area contributed by atoms with Gasteiger partial charge in [0.15, 0.2) is 0 Å². The standard InChI is InChI=1S/C19H21FN2O3/c1-12(14-7-9-16(20)10-8-14)21-18(23)19(24)22-17-6-4-5-15(11-17)13(2)25-3/h4-13H,1-3H3,(H,21,23)(H,22,24)/t12-,13+/m0/s1. The third-order valence-electron chi connectivity index (χ3n) is 3.89. The van der Waals surface area contributed by atoms with Crippen LogP contribution < -0.4 is 10.6 Å². The summed E-state index contributed by atoms with van der Waals surface area (Å²) in [7, 11) is 1.60. The highest BCUT2D eigenvalue weighted by molar-refractivity contribution is 6.39. The summed E-state index contributed by atoms with van der Waals surface area (Å²) in [5.41, 5.74) is 2.11. The molecule has 2 amide bonds. The van der Waals surface area contributed by atoms with Crippen molar-refractivity contribution in [1.82, 2.24) is 5.32 Å². The maximum Gasteiger partial charge on any atom is 0.313 e. The first kappa shape index (κ1) is 18.6. The lowest BCUT2D eigenvalue weighted by molar-refractivity contribution is -0.136. The normalized spacial score (nSPS) is 13.0. The van der Waals surface area contributed by atoms with Crippen LogP contribution in [0.5, 0.6) is 0 Å². The van der Waals surface area contributed by atoms with Crippen LogP contribution in [0, 0.1) is 5.82 Å². The molecule has 2 atom stereocenters. The predicted molar refractivity (Wildman–Crippen MR) is 93.5 cm³/mol. The van der Waals surface area contributed by atoms with Gasteiger partial charge in [-0.1, -0.05) is 24.3 Å². The van der Waals surface area contributed by atoms with E-state index in [2.05, 4.69) is 10.6 Å². The summed E-state index contributed by atoms with van der Waals surface area (Å²) in [5.74, 6) is -1.89. The molecule has 0 aliphatic carbocycles. The molecular weight excluding hydrogens is 323 g/mol. The highest BCUT2D eigenvalue weighted by atomic mass is 19.1. The molecule has 2 aromatic carbocycles. The predicted octanol–water partition coefficient (Wildman–Crippen LogP) is 3.35. The van der Waals surface area contributed by atoms with Crippen molar-refractivity contribution < 1.29 is 18.7 Å². The van der Waals surface area contributed by atoms with Gasteiger partial charge >= 0.3 is 11.8 Å². The van der Waals surface area contributed by atoms with Crippen LogP contribution in [0.4, 0.5) is 10.1 Å². The SMILES string of the molecule is CO[C@H](C)c1cccc(NC(=O)C(=O)N[C@@H](C)c2ccc(F)cc2)c1. The molecule has 0 spiro atoms. The van der Waals surface area contributed by atoms with E-state index in [-0.39, 0.29) is 11.9 Å². The van der Waals surface area contributed by atoms with Crippen molar-refractivity contribution in [3.63, 3.8) is 0 Å². The van der Waals surface area contributed by atoms with Crippen molar-refractivity contribution >= 4 is 17.5 Å². The Morgan fingerprint density at radius 1 is 1.00 bits per heavy atom. The van der Waals surface area contributed by atoms with Crippen molar-refractivity contribution in [3.05, 3.63) is 65.5 Å². The number of hydrogen-bond donors (Lipinski definition) is 2. The van der Waals surface area contributed by atoms with Crippen molar-refractivity contribution in [2.75, 3.05) is 12.4 Å². The highest BCUT2D eigenvalue weighted by Gasteiger charge is 2.17. The van der Waals surface area contributed by atoms with E-state index in [9.17, 15) is 14.0 Å². The van der Waals surface area contributed by atoms with E-state index in [0.29, 0.717) is 11.3 Å². The maximum atomic E-state index is 12.9. The Morgan fingerprint density at radius 3 is 2.32 bits per heavy atom. The second kappa shape index (κ2) is 8.39. The third-order valence-corrected chi connectivity index (χ3v) is 3.89. The van der Waals surface area contributed by atoms with E-state index in [0.717, 1.165) is 5.56 Å². The van der Waals surface area contributed by atoms with Gasteiger partial charge in [-0.05, 0) is 49.2 Å². The number of carbonyl (C=O) groups excluding carboxylic acids is 2. The molecule has 0 fully saturated rings. The van der Waals surface area contributed by atoms with Gasteiger partial charge < -0.3 is 15.4 Å². The second-order valence-corrected chi connectivity index (χ2v) is 5.70. The van der Waals surface area contributed by atoms with Crippen LogP contribution in [-0.4, -0.2) is 18.9 Å². The molecule has 0 heterocycles. The van der Waals surface area contributed by atoms with Crippen LogP contribution >= 0.6 is 0 Å². The Hall–Kier alpha value is -2.73. The van der Waals surface area contributed by atoms with E-state index in [1.54, 1.807) is 44.4 Å². The van der Waals surface area contributed by atoms with E-state index in [1.165, 1.54) is 12.1 Å². The quantitative estimate of drug-likeness (QED) is 0.818. The minimum Gasteiger partial charge on any atom is -0.377 e. The fourth-order valence-corrected chi connectivity index (χ4v) is 2.29. The van der Waals surface area contributed by atoms with Gasteiger partial charge in [0.2, 0.25) is 0 Å². The van der Waals surface area contributed by atoms with Crippen molar-refractivity contribution in [2.45, 2.75) is 26.0 Å². The first-order chi connectivity index (χ1) is 11.9. The van der Waals surface area contributed by atoms with Gasteiger partial charge in [0.05, 0.1) is 12.1 Å². The molecule has 2 aromatic rings. The van der Waals surface area contributed by atoms with E-state index < -0.39 is 17.9 Å². The van der Waals surface area contributed by atoms with Gasteiger partial charge in [0.25, 0.3) is 0 Å². The Labute approximate surface area is 146 Å². The fraction of sp³-hybridized carbons (Fsp3) is 0.263. The van der Waals surface area contributed by atoms with E-state index in [1.807, 2.05) is 13.0 Å². The van der Waals surface area contributed by atoms with Gasteiger partial charge in [-0.25, -0.2) is 4.39 Å². The van der Waals surface area contributed by atoms with Crippen molar-refractivity contribution in [2.24, 2.45) is 0 Å². The molecule has 5 nitrogen and oxygen atoms in total. The Kier molecular flexibility index (Phi) is 6.25. The van der Waals surface area contributed by atoms with E-state index >= 15 is 0 Å². The van der Waals surface area contributed by atoms with Gasteiger partial charge in [-0.15, -0.1) is 0 Å². The van der Waals surface area contributed by atoms with Crippen LogP contribution in [0.25, 0.3) is 0 Å². The lowest BCUT2D eigenvalue weighted by Gasteiger charge is -2.15. The zero-order chi connectivity index (χ0) is 18.4.